The Kier molecular flexibility index (Phi) is 5.01. The van der Waals surface area contributed by atoms with Gasteiger partial charge in [0, 0.05) is 17.7 Å². The van der Waals surface area contributed by atoms with Gasteiger partial charge in [-0.25, -0.2) is 0 Å². The number of ether oxygens (including phenoxy) is 1. The van der Waals surface area contributed by atoms with Gasteiger partial charge in [0.05, 0.1) is 9.95 Å². The Morgan fingerprint density at radius 3 is 2.43 bits per heavy atom. The number of nitrogens with zero attached hydrogens (tertiary/aromatic N) is 1. The molecule has 0 unspecified atom stereocenters. The number of ketones is 1. The second-order valence-electron chi connectivity index (χ2n) is 5.30. The zero-order valence-electron chi connectivity index (χ0n) is 13.0. The molecule has 0 bridgehead atoms. The molecule has 0 spiro atoms. The van der Waals surface area contributed by atoms with E-state index >= 15 is 0 Å². The first-order valence-corrected chi connectivity index (χ1v) is 7.39. The fourth-order valence-electron chi connectivity index (χ4n) is 2.07. The second-order valence-corrected chi connectivity index (χ2v) is 5.70. The highest BCUT2D eigenvalue weighted by molar-refractivity contribution is 6.32. The molecule has 0 aromatic heterocycles. The summed E-state index contributed by atoms with van der Waals surface area (Å²) in [5.74, 6) is 0.0597. The quantitative estimate of drug-likeness (QED) is 0.458. The van der Waals surface area contributed by atoms with Gasteiger partial charge in [-0.1, -0.05) is 23.7 Å². The van der Waals surface area contributed by atoms with Gasteiger partial charge in [-0.05, 0) is 44.0 Å². The molecule has 2 aromatic rings. The van der Waals surface area contributed by atoms with E-state index in [1.165, 1.54) is 18.2 Å². The Morgan fingerprint density at radius 1 is 1.17 bits per heavy atom. The monoisotopic (exact) mass is 333 g/mol. The first-order chi connectivity index (χ1) is 10.8. The highest BCUT2D eigenvalue weighted by Gasteiger charge is 2.19. The molecule has 5 nitrogen and oxygen atoms in total. The number of hydrogen-bond donors (Lipinski definition) is 0. The van der Waals surface area contributed by atoms with Crippen molar-refractivity contribution in [2.75, 3.05) is 0 Å². The Hall–Kier alpha value is -2.40. The number of benzene rings is 2. The lowest BCUT2D eigenvalue weighted by atomic mass is 10.0. The standard InChI is InChI=1S/C17H16ClNO4/c1-10-4-5-13(8-11(10)2)17(20)12(3)23-16-7-6-14(19(21)22)9-15(16)18/h4-9,12H,1-3H3/t12-/m1/s1. The summed E-state index contributed by atoms with van der Waals surface area (Å²) >= 11 is 5.97. The SMILES string of the molecule is Cc1ccc(C(=O)[C@@H](C)Oc2ccc([N+](=O)[O-])cc2Cl)cc1C. The maximum absolute atomic E-state index is 12.4. The minimum Gasteiger partial charge on any atom is -0.481 e. The van der Waals surface area contributed by atoms with Crippen LogP contribution in [-0.2, 0) is 0 Å². The number of rotatable bonds is 5. The number of halogens is 1. The van der Waals surface area contributed by atoms with E-state index in [2.05, 4.69) is 0 Å². The summed E-state index contributed by atoms with van der Waals surface area (Å²) in [4.78, 5) is 22.6. The first-order valence-electron chi connectivity index (χ1n) is 7.01. The highest BCUT2D eigenvalue weighted by atomic mass is 35.5. The average molecular weight is 334 g/mol. The van der Waals surface area contributed by atoms with Crippen molar-refractivity contribution in [2.45, 2.75) is 26.9 Å². The minimum atomic E-state index is -0.754. The molecule has 23 heavy (non-hydrogen) atoms. The molecule has 0 aliphatic carbocycles. The molecule has 2 rings (SSSR count). The van der Waals surface area contributed by atoms with E-state index in [-0.39, 0.29) is 22.2 Å². The maximum Gasteiger partial charge on any atom is 0.271 e. The van der Waals surface area contributed by atoms with Crippen molar-refractivity contribution < 1.29 is 14.5 Å². The van der Waals surface area contributed by atoms with Gasteiger partial charge in [-0.15, -0.1) is 0 Å². The molecular formula is C17H16ClNO4. The molecule has 0 N–H and O–H groups in total. The van der Waals surface area contributed by atoms with Crippen LogP contribution in [0.2, 0.25) is 5.02 Å². The van der Waals surface area contributed by atoms with E-state index in [0.717, 1.165) is 11.1 Å². The topological polar surface area (TPSA) is 69.4 Å². The number of hydrogen-bond acceptors (Lipinski definition) is 4. The third-order valence-electron chi connectivity index (χ3n) is 3.59. The number of non-ortho nitro benzene ring substituents is 1. The molecule has 0 aliphatic heterocycles. The normalized spacial score (nSPS) is 11.8. The fraction of sp³-hybridized carbons (Fsp3) is 0.235. The van der Waals surface area contributed by atoms with Gasteiger partial charge < -0.3 is 4.74 Å². The van der Waals surface area contributed by atoms with Crippen LogP contribution in [0.3, 0.4) is 0 Å². The third-order valence-corrected chi connectivity index (χ3v) is 3.89. The van der Waals surface area contributed by atoms with Crippen molar-refractivity contribution in [3.05, 3.63) is 68.2 Å². The zero-order valence-corrected chi connectivity index (χ0v) is 13.8. The average Bonchev–Trinajstić information content (AvgIpc) is 2.51. The van der Waals surface area contributed by atoms with E-state index < -0.39 is 11.0 Å². The van der Waals surface area contributed by atoms with Crippen LogP contribution in [0, 0.1) is 24.0 Å². The summed E-state index contributed by atoms with van der Waals surface area (Å²) < 4.78 is 5.56. The Bertz CT molecular complexity index is 773. The van der Waals surface area contributed by atoms with Crippen molar-refractivity contribution in [1.82, 2.24) is 0 Å². The lowest BCUT2D eigenvalue weighted by Crippen LogP contribution is -2.24. The first kappa shape index (κ1) is 17.0. The summed E-state index contributed by atoms with van der Waals surface area (Å²) in [6, 6.07) is 9.33. The lowest BCUT2D eigenvalue weighted by Gasteiger charge is -2.15. The van der Waals surface area contributed by atoms with Crippen molar-refractivity contribution in [3.8, 4) is 5.75 Å². The number of nitro groups is 1. The number of Topliss-reactive ketones (excluding diaryl/α,β-unsaturated/α-hetero) is 1. The molecule has 0 aliphatic rings. The third kappa shape index (κ3) is 3.87. The predicted octanol–water partition coefficient (Wildman–Crippen LogP) is 4.52. The van der Waals surface area contributed by atoms with Gasteiger partial charge in [-0.2, -0.15) is 0 Å². The van der Waals surface area contributed by atoms with E-state index in [4.69, 9.17) is 16.3 Å². The molecule has 6 heteroatoms. The van der Waals surface area contributed by atoms with Gasteiger partial charge in [0.25, 0.3) is 5.69 Å². The molecule has 120 valence electrons. The zero-order chi connectivity index (χ0) is 17.1. The largest absolute Gasteiger partial charge is 0.481 e. The molecule has 0 saturated carbocycles. The van der Waals surface area contributed by atoms with Crippen molar-refractivity contribution in [2.24, 2.45) is 0 Å². The summed E-state index contributed by atoms with van der Waals surface area (Å²) in [6.07, 6.45) is -0.754. The minimum absolute atomic E-state index is 0.0962. The van der Waals surface area contributed by atoms with E-state index in [1.807, 2.05) is 26.0 Å². The summed E-state index contributed by atoms with van der Waals surface area (Å²) in [7, 11) is 0. The van der Waals surface area contributed by atoms with Crippen LogP contribution in [0.1, 0.15) is 28.4 Å². The van der Waals surface area contributed by atoms with Gasteiger partial charge in [-0.3, -0.25) is 14.9 Å². The van der Waals surface area contributed by atoms with Crippen LogP contribution >= 0.6 is 11.6 Å². The lowest BCUT2D eigenvalue weighted by molar-refractivity contribution is -0.384. The predicted molar refractivity (Wildman–Crippen MR) is 88.4 cm³/mol. The van der Waals surface area contributed by atoms with Crippen LogP contribution in [-0.4, -0.2) is 16.8 Å². The van der Waals surface area contributed by atoms with Crippen LogP contribution in [0.4, 0.5) is 5.69 Å². The Morgan fingerprint density at radius 2 is 1.87 bits per heavy atom. The van der Waals surface area contributed by atoms with Crippen molar-refractivity contribution >= 4 is 23.1 Å². The van der Waals surface area contributed by atoms with Gasteiger partial charge in [0.1, 0.15) is 5.75 Å². The molecule has 1 atom stereocenters. The number of carbonyl (C=O) groups excluding carboxylic acids is 1. The van der Waals surface area contributed by atoms with E-state index in [1.54, 1.807) is 13.0 Å². The summed E-state index contributed by atoms with van der Waals surface area (Å²) in [5, 5.41) is 10.8. The summed E-state index contributed by atoms with van der Waals surface area (Å²) in [6.45, 7) is 5.53. The smallest absolute Gasteiger partial charge is 0.271 e. The van der Waals surface area contributed by atoms with Crippen LogP contribution < -0.4 is 4.74 Å². The van der Waals surface area contributed by atoms with Gasteiger partial charge in [0.2, 0.25) is 5.78 Å². The van der Waals surface area contributed by atoms with E-state index in [0.29, 0.717) is 5.56 Å². The summed E-state index contributed by atoms with van der Waals surface area (Å²) in [5.41, 5.74) is 2.55. The van der Waals surface area contributed by atoms with Crippen LogP contribution in [0.15, 0.2) is 36.4 Å². The number of nitro benzene ring substituents is 1. The van der Waals surface area contributed by atoms with Gasteiger partial charge in [0.15, 0.2) is 6.10 Å². The number of carbonyl (C=O) groups is 1. The fourth-order valence-corrected chi connectivity index (χ4v) is 2.29. The molecule has 2 aromatic carbocycles. The van der Waals surface area contributed by atoms with Gasteiger partial charge >= 0.3 is 0 Å². The number of aryl methyl sites for hydroxylation is 2. The molecule has 0 amide bonds. The van der Waals surface area contributed by atoms with Crippen molar-refractivity contribution in [3.63, 3.8) is 0 Å². The highest BCUT2D eigenvalue weighted by Crippen LogP contribution is 2.29. The Labute approximate surface area is 139 Å². The molecule has 0 heterocycles. The molecule has 0 fully saturated rings. The van der Waals surface area contributed by atoms with Crippen LogP contribution in [0.5, 0.6) is 5.75 Å². The maximum atomic E-state index is 12.4. The van der Waals surface area contributed by atoms with Crippen LogP contribution in [0.25, 0.3) is 0 Å². The van der Waals surface area contributed by atoms with E-state index in [9.17, 15) is 14.9 Å². The molecular weight excluding hydrogens is 318 g/mol. The molecule has 0 saturated heterocycles. The second kappa shape index (κ2) is 6.79. The van der Waals surface area contributed by atoms with Crippen molar-refractivity contribution in [1.29, 1.82) is 0 Å². The molecule has 0 radical (unpaired) electrons. The Balaban J connectivity index is 2.18.